The van der Waals surface area contributed by atoms with E-state index in [0.29, 0.717) is 6.54 Å². The van der Waals surface area contributed by atoms with Crippen molar-refractivity contribution in [3.8, 4) is 0 Å². The van der Waals surface area contributed by atoms with E-state index < -0.39 is 5.95 Å². The maximum absolute atomic E-state index is 13.1. The average molecular weight is 649 g/mol. The van der Waals surface area contributed by atoms with Gasteiger partial charge < -0.3 is 9.64 Å². The Hall–Kier alpha value is -3.27. The van der Waals surface area contributed by atoms with Crippen LogP contribution in [0.5, 0.6) is 0 Å². The van der Waals surface area contributed by atoms with Crippen LogP contribution in [0.25, 0.3) is 0 Å². The Labute approximate surface area is 243 Å². The normalized spacial score (nSPS) is 15.6. The van der Waals surface area contributed by atoms with Crippen LogP contribution in [0.4, 0.5) is 10.2 Å². The summed E-state index contributed by atoms with van der Waals surface area (Å²) in [5.74, 6) is 0.528. The fourth-order valence-electron chi connectivity index (χ4n) is 4.94. The zero-order valence-electron chi connectivity index (χ0n) is 20.9. The number of fused-ring (bicyclic) bond motifs is 2. The molecule has 1 fully saturated rings. The zero-order valence-corrected chi connectivity index (χ0v) is 24.1. The Morgan fingerprint density at radius 2 is 1.28 bits per heavy atom. The number of morpholine rings is 1. The van der Waals surface area contributed by atoms with E-state index >= 15 is 0 Å². The van der Waals surface area contributed by atoms with Gasteiger partial charge in [0.2, 0.25) is 5.95 Å². The number of ether oxygens (including phenoxy) is 1. The number of nitrogens with zero attached hydrogens (tertiary/aromatic N) is 5. The lowest BCUT2D eigenvalue weighted by Crippen LogP contribution is -2.36. The second-order valence-electron chi connectivity index (χ2n) is 9.23. The number of halogens is 3. The smallest absolute Gasteiger partial charge is 0.213 e. The number of aliphatic imine (C=N–C) groups is 2. The van der Waals surface area contributed by atoms with E-state index in [1.54, 1.807) is 6.07 Å². The summed E-state index contributed by atoms with van der Waals surface area (Å²) in [5, 5.41) is 0. The predicted molar refractivity (Wildman–Crippen MR) is 158 cm³/mol. The highest BCUT2D eigenvalue weighted by Crippen LogP contribution is 2.30. The SMILES string of the molecule is Brc1cccc2c1CN=C2c1ccnc(N2CCOCC2)c1.Fc1cc(C2=NCc3c(Br)cccc32)ccn1. The lowest BCUT2D eigenvalue weighted by atomic mass is 10.0. The molecule has 0 radical (unpaired) electrons. The Morgan fingerprint density at radius 3 is 1.87 bits per heavy atom. The standard InChI is InChI=1S/C17H16BrN3O.C13H8BrFN2/c18-15-3-1-2-13-14(15)11-20-17(13)12-4-5-19-16(10-12)21-6-8-22-9-7-21;14-11-3-1-2-9-10(11)7-17-13(9)8-4-5-16-12(15)6-8/h1-5,10H,6-9,11H2;1-6H,7H2. The first-order valence-electron chi connectivity index (χ1n) is 12.6. The highest BCUT2D eigenvalue weighted by atomic mass is 79.9. The second-order valence-corrected chi connectivity index (χ2v) is 10.9. The van der Waals surface area contributed by atoms with Gasteiger partial charge in [-0.25, -0.2) is 9.97 Å². The Bertz CT molecular complexity index is 1600. The van der Waals surface area contributed by atoms with Gasteiger partial charge in [-0.2, -0.15) is 4.39 Å². The van der Waals surface area contributed by atoms with Crippen LogP contribution in [0, 0.1) is 5.95 Å². The van der Waals surface area contributed by atoms with E-state index in [-0.39, 0.29) is 0 Å². The Kier molecular flexibility index (Phi) is 7.63. The van der Waals surface area contributed by atoms with E-state index in [1.165, 1.54) is 23.4 Å². The summed E-state index contributed by atoms with van der Waals surface area (Å²) in [6.45, 7) is 4.69. The van der Waals surface area contributed by atoms with Crippen LogP contribution in [0.2, 0.25) is 0 Å². The minimum absolute atomic E-state index is 0.478. The molecule has 3 aliphatic heterocycles. The van der Waals surface area contributed by atoms with Gasteiger partial charge in [-0.1, -0.05) is 56.1 Å². The van der Waals surface area contributed by atoms with E-state index in [1.807, 2.05) is 30.5 Å². The van der Waals surface area contributed by atoms with Crippen molar-refractivity contribution in [1.29, 1.82) is 0 Å². The van der Waals surface area contributed by atoms with Crippen molar-refractivity contribution in [2.75, 3.05) is 31.2 Å². The van der Waals surface area contributed by atoms with Crippen molar-refractivity contribution < 1.29 is 9.13 Å². The number of anilines is 1. The van der Waals surface area contributed by atoms with Gasteiger partial charge in [-0.15, -0.1) is 0 Å². The van der Waals surface area contributed by atoms with Gasteiger partial charge in [0, 0.05) is 62.7 Å². The number of rotatable bonds is 3. The second kappa shape index (κ2) is 11.5. The van der Waals surface area contributed by atoms with Gasteiger partial charge in [0.15, 0.2) is 0 Å². The first-order chi connectivity index (χ1) is 19.1. The van der Waals surface area contributed by atoms with Gasteiger partial charge in [-0.05, 0) is 41.5 Å². The van der Waals surface area contributed by atoms with E-state index in [4.69, 9.17) is 9.73 Å². The molecule has 0 N–H and O–H groups in total. The maximum Gasteiger partial charge on any atom is 0.213 e. The van der Waals surface area contributed by atoms with Gasteiger partial charge in [-0.3, -0.25) is 9.98 Å². The van der Waals surface area contributed by atoms with Crippen molar-refractivity contribution in [3.05, 3.63) is 121 Å². The third-order valence-corrected chi connectivity index (χ3v) is 8.38. The molecule has 2 aromatic heterocycles. The molecule has 39 heavy (non-hydrogen) atoms. The summed E-state index contributed by atoms with van der Waals surface area (Å²) in [6, 6.07) is 19.6. The topological polar surface area (TPSA) is 63.0 Å². The molecule has 0 saturated carbocycles. The molecule has 3 aliphatic rings. The number of hydrogen-bond acceptors (Lipinski definition) is 6. The summed E-state index contributed by atoms with van der Waals surface area (Å²) in [7, 11) is 0. The minimum atomic E-state index is -0.478. The molecule has 0 unspecified atom stereocenters. The molecular formula is C30H24Br2FN5O. The van der Waals surface area contributed by atoms with Gasteiger partial charge in [0.25, 0.3) is 0 Å². The third kappa shape index (κ3) is 5.44. The van der Waals surface area contributed by atoms with Gasteiger partial charge in [0.1, 0.15) is 5.82 Å². The van der Waals surface area contributed by atoms with Crippen molar-refractivity contribution in [2.45, 2.75) is 13.1 Å². The van der Waals surface area contributed by atoms with Crippen molar-refractivity contribution in [1.82, 2.24) is 9.97 Å². The average Bonchev–Trinajstić information content (AvgIpc) is 3.61. The molecule has 0 amide bonds. The summed E-state index contributed by atoms with van der Waals surface area (Å²) < 4.78 is 20.7. The summed E-state index contributed by atoms with van der Waals surface area (Å²) in [4.78, 5) is 19.5. The highest BCUT2D eigenvalue weighted by molar-refractivity contribution is 9.10. The summed E-state index contributed by atoms with van der Waals surface area (Å²) in [5.41, 5.74) is 8.50. The van der Waals surface area contributed by atoms with Crippen molar-refractivity contribution >= 4 is 49.1 Å². The van der Waals surface area contributed by atoms with Crippen molar-refractivity contribution in [2.24, 2.45) is 9.98 Å². The van der Waals surface area contributed by atoms with Gasteiger partial charge in [0.05, 0.1) is 37.7 Å². The monoisotopic (exact) mass is 647 g/mol. The molecule has 0 aliphatic carbocycles. The zero-order chi connectivity index (χ0) is 26.8. The molecule has 1 saturated heterocycles. The molecular weight excluding hydrogens is 625 g/mol. The predicted octanol–water partition coefficient (Wildman–Crippen LogP) is 6.37. The molecule has 5 heterocycles. The van der Waals surface area contributed by atoms with Crippen LogP contribution in [0.1, 0.15) is 33.4 Å². The minimum Gasteiger partial charge on any atom is -0.378 e. The quantitative estimate of drug-likeness (QED) is 0.243. The molecule has 7 rings (SSSR count). The number of pyridine rings is 2. The van der Waals surface area contributed by atoms with E-state index in [0.717, 1.165) is 81.3 Å². The molecule has 2 aromatic carbocycles. The van der Waals surface area contributed by atoms with E-state index in [2.05, 4.69) is 76.0 Å². The highest BCUT2D eigenvalue weighted by Gasteiger charge is 2.21. The first-order valence-corrected chi connectivity index (χ1v) is 14.2. The fourth-order valence-corrected chi connectivity index (χ4v) is 5.93. The van der Waals surface area contributed by atoms with Crippen LogP contribution in [0.3, 0.4) is 0 Å². The third-order valence-electron chi connectivity index (χ3n) is 6.89. The van der Waals surface area contributed by atoms with Crippen molar-refractivity contribution in [3.63, 3.8) is 0 Å². The van der Waals surface area contributed by atoms with Crippen LogP contribution in [-0.4, -0.2) is 47.7 Å². The van der Waals surface area contributed by atoms with E-state index in [9.17, 15) is 4.39 Å². The number of aromatic nitrogens is 2. The molecule has 0 atom stereocenters. The Morgan fingerprint density at radius 1 is 0.718 bits per heavy atom. The maximum atomic E-state index is 13.1. The van der Waals surface area contributed by atoms with Crippen LogP contribution < -0.4 is 4.90 Å². The Balaban J connectivity index is 0.000000147. The molecule has 4 aromatic rings. The van der Waals surface area contributed by atoms with Gasteiger partial charge >= 0.3 is 0 Å². The van der Waals surface area contributed by atoms with Crippen LogP contribution >= 0.6 is 31.9 Å². The fraction of sp³-hybridized carbons (Fsp3) is 0.200. The molecule has 9 heteroatoms. The lowest BCUT2D eigenvalue weighted by molar-refractivity contribution is 0.122. The summed E-state index contributed by atoms with van der Waals surface area (Å²) in [6.07, 6.45) is 3.34. The molecule has 196 valence electrons. The van der Waals surface area contributed by atoms with Crippen LogP contribution in [-0.2, 0) is 17.8 Å². The lowest BCUT2D eigenvalue weighted by Gasteiger charge is -2.28. The molecule has 0 bridgehead atoms. The largest absolute Gasteiger partial charge is 0.378 e. The molecule has 0 spiro atoms. The number of benzene rings is 2. The first kappa shape index (κ1) is 26.0. The summed E-state index contributed by atoms with van der Waals surface area (Å²) >= 11 is 7.12. The number of hydrogen-bond donors (Lipinski definition) is 0. The molecule has 6 nitrogen and oxygen atoms in total. The van der Waals surface area contributed by atoms with Crippen LogP contribution in [0.15, 0.2) is 92.0 Å².